The van der Waals surface area contributed by atoms with Crippen LogP contribution in [0.4, 0.5) is 0 Å². The average Bonchev–Trinajstić information content (AvgIpc) is 2.74. The van der Waals surface area contributed by atoms with Gasteiger partial charge < -0.3 is 10.2 Å². The highest BCUT2D eigenvalue weighted by Gasteiger charge is 2.18. The van der Waals surface area contributed by atoms with Gasteiger partial charge in [-0.2, -0.15) is 0 Å². The summed E-state index contributed by atoms with van der Waals surface area (Å²) in [7, 11) is 3.41. The van der Waals surface area contributed by atoms with Crippen molar-refractivity contribution in [2.24, 2.45) is 0 Å². The van der Waals surface area contributed by atoms with Crippen LogP contribution in [-0.2, 0) is 6.54 Å². The molecule has 2 aromatic rings. The molecule has 0 bridgehead atoms. The van der Waals surface area contributed by atoms with Crippen molar-refractivity contribution in [1.82, 2.24) is 10.2 Å². The Hall–Kier alpha value is -1.92. The maximum atomic E-state index is 12.7. The number of hydrogen-bond acceptors (Lipinski definition) is 4. The smallest absolute Gasteiger partial charge is 0.253 e. The quantitative estimate of drug-likeness (QED) is 0.818. The van der Waals surface area contributed by atoms with Crippen LogP contribution in [0, 0.1) is 0 Å². The van der Waals surface area contributed by atoms with E-state index in [4.69, 9.17) is 0 Å². The molecule has 1 aliphatic rings. The molecule has 2 amide bonds. The second kappa shape index (κ2) is 9.33. The van der Waals surface area contributed by atoms with Gasteiger partial charge in [0.25, 0.3) is 11.8 Å². The topological polar surface area (TPSA) is 49.4 Å². The zero-order chi connectivity index (χ0) is 19.2. The molecule has 0 aliphatic carbocycles. The lowest BCUT2D eigenvalue weighted by Gasteiger charge is -2.22. The van der Waals surface area contributed by atoms with Gasteiger partial charge in [-0.15, -0.1) is 23.5 Å². The Bertz CT molecular complexity index is 785. The standard InChI is InChI=1S/C21H24N2O2S2/c1-22-19(24)16-6-4-15(5-7-16)14-23(2)20(25)17-8-10-18(11-9-17)21-26-12-3-13-27-21/h4-11,21H,3,12-14H2,1-2H3,(H,22,24). The molecule has 1 N–H and O–H groups in total. The van der Waals surface area contributed by atoms with Crippen LogP contribution in [0.5, 0.6) is 0 Å². The Labute approximate surface area is 169 Å². The summed E-state index contributed by atoms with van der Waals surface area (Å²) in [6.45, 7) is 0.503. The molecule has 1 fully saturated rings. The Kier molecular flexibility index (Phi) is 6.85. The fourth-order valence-corrected chi connectivity index (χ4v) is 5.83. The summed E-state index contributed by atoms with van der Waals surface area (Å²) in [5.74, 6) is 2.31. The molecule has 4 nitrogen and oxygen atoms in total. The zero-order valence-electron chi connectivity index (χ0n) is 15.6. The van der Waals surface area contributed by atoms with Crippen molar-refractivity contribution in [3.05, 3.63) is 70.8 Å². The number of nitrogens with zero attached hydrogens (tertiary/aromatic N) is 1. The van der Waals surface area contributed by atoms with E-state index in [0.29, 0.717) is 22.3 Å². The first-order chi connectivity index (χ1) is 13.1. The molecular weight excluding hydrogens is 376 g/mol. The van der Waals surface area contributed by atoms with Crippen LogP contribution in [0.3, 0.4) is 0 Å². The summed E-state index contributed by atoms with van der Waals surface area (Å²) >= 11 is 3.97. The first-order valence-electron chi connectivity index (χ1n) is 8.98. The van der Waals surface area contributed by atoms with E-state index in [1.165, 1.54) is 23.5 Å². The van der Waals surface area contributed by atoms with Gasteiger partial charge in [0.15, 0.2) is 0 Å². The SMILES string of the molecule is CNC(=O)c1ccc(CN(C)C(=O)c2ccc(C3SCCCS3)cc2)cc1. The summed E-state index contributed by atoms with van der Waals surface area (Å²) in [6.07, 6.45) is 1.28. The molecule has 1 saturated heterocycles. The third-order valence-electron chi connectivity index (χ3n) is 4.47. The normalized spacial score (nSPS) is 14.6. The van der Waals surface area contributed by atoms with Gasteiger partial charge in [0.2, 0.25) is 0 Å². The number of benzene rings is 2. The first-order valence-corrected chi connectivity index (χ1v) is 11.1. The van der Waals surface area contributed by atoms with E-state index in [1.807, 2.05) is 47.8 Å². The second-order valence-corrected chi connectivity index (χ2v) is 9.21. The number of amides is 2. The van der Waals surface area contributed by atoms with E-state index in [1.54, 1.807) is 31.1 Å². The first kappa shape index (κ1) is 19.8. The molecule has 27 heavy (non-hydrogen) atoms. The minimum absolute atomic E-state index is 0.000813. The number of hydrogen-bond donors (Lipinski definition) is 1. The molecule has 0 atom stereocenters. The molecule has 0 aromatic heterocycles. The van der Waals surface area contributed by atoms with Gasteiger partial charge >= 0.3 is 0 Å². The van der Waals surface area contributed by atoms with Crippen LogP contribution in [0.1, 0.15) is 42.8 Å². The summed E-state index contributed by atoms with van der Waals surface area (Å²) in [5, 5.41) is 2.60. The fourth-order valence-electron chi connectivity index (χ4n) is 2.93. The molecule has 0 spiro atoms. The van der Waals surface area contributed by atoms with E-state index in [2.05, 4.69) is 17.4 Å². The van der Waals surface area contributed by atoms with Crippen LogP contribution < -0.4 is 5.32 Å². The number of carbonyl (C=O) groups is 2. The van der Waals surface area contributed by atoms with Gasteiger partial charge in [0.05, 0.1) is 4.58 Å². The minimum atomic E-state index is -0.111. The second-order valence-electron chi connectivity index (χ2n) is 6.49. The van der Waals surface area contributed by atoms with Crippen molar-refractivity contribution in [1.29, 1.82) is 0 Å². The Morgan fingerprint density at radius 1 is 1.00 bits per heavy atom. The molecule has 1 aliphatic heterocycles. The average molecular weight is 401 g/mol. The van der Waals surface area contributed by atoms with E-state index in [0.717, 1.165) is 5.56 Å². The molecule has 6 heteroatoms. The molecular formula is C21H24N2O2S2. The van der Waals surface area contributed by atoms with Crippen molar-refractivity contribution >= 4 is 35.3 Å². The van der Waals surface area contributed by atoms with E-state index >= 15 is 0 Å². The lowest BCUT2D eigenvalue weighted by molar-refractivity contribution is 0.0784. The number of thioether (sulfide) groups is 2. The monoisotopic (exact) mass is 400 g/mol. The van der Waals surface area contributed by atoms with E-state index in [9.17, 15) is 9.59 Å². The predicted octanol–water partition coefficient (Wildman–Crippen LogP) is 4.19. The van der Waals surface area contributed by atoms with Crippen molar-refractivity contribution in [2.75, 3.05) is 25.6 Å². The van der Waals surface area contributed by atoms with Gasteiger partial charge in [-0.05, 0) is 53.3 Å². The highest BCUT2D eigenvalue weighted by molar-refractivity contribution is 8.16. The minimum Gasteiger partial charge on any atom is -0.355 e. The maximum absolute atomic E-state index is 12.7. The van der Waals surface area contributed by atoms with E-state index in [-0.39, 0.29) is 11.8 Å². The summed E-state index contributed by atoms with van der Waals surface area (Å²) < 4.78 is 0.486. The van der Waals surface area contributed by atoms with E-state index < -0.39 is 0 Å². The lowest BCUT2D eigenvalue weighted by Crippen LogP contribution is -2.26. The number of nitrogens with one attached hydrogen (secondary N) is 1. The third kappa shape index (κ3) is 5.08. The van der Waals surface area contributed by atoms with Crippen molar-refractivity contribution < 1.29 is 9.59 Å². The van der Waals surface area contributed by atoms with Crippen molar-refractivity contribution in [3.63, 3.8) is 0 Å². The Morgan fingerprint density at radius 3 is 2.19 bits per heavy atom. The summed E-state index contributed by atoms with van der Waals surface area (Å²) in [4.78, 5) is 26.0. The van der Waals surface area contributed by atoms with Gasteiger partial charge in [-0.1, -0.05) is 24.3 Å². The maximum Gasteiger partial charge on any atom is 0.253 e. The number of rotatable bonds is 5. The molecule has 0 radical (unpaired) electrons. The lowest BCUT2D eigenvalue weighted by atomic mass is 10.1. The van der Waals surface area contributed by atoms with Crippen LogP contribution in [0.25, 0.3) is 0 Å². The van der Waals surface area contributed by atoms with Gasteiger partial charge in [-0.3, -0.25) is 9.59 Å². The van der Waals surface area contributed by atoms with Gasteiger partial charge in [-0.25, -0.2) is 0 Å². The molecule has 142 valence electrons. The van der Waals surface area contributed by atoms with Crippen LogP contribution >= 0.6 is 23.5 Å². The van der Waals surface area contributed by atoms with Crippen LogP contribution in [0.15, 0.2) is 48.5 Å². The van der Waals surface area contributed by atoms with Crippen LogP contribution in [-0.4, -0.2) is 42.3 Å². The Morgan fingerprint density at radius 2 is 1.59 bits per heavy atom. The van der Waals surface area contributed by atoms with Crippen molar-refractivity contribution in [3.8, 4) is 0 Å². The molecule has 0 unspecified atom stereocenters. The summed E-state index contributed by atoms with van der Waals surface area (Å²) in [5.41, 5.74) is 3.59. The highest BCUT2D eigenvalue weighted by Crippen LogP contribution is 2.43. The predicted molar refractivity (Wildman–Crippen MR) is 114 cm³/mol. The zero-order valence-corrected chi connectivity index (χ0v) is 17.2. The highest BCUT2D eigenvalue weighted by atomic mass is 32.2. The molecule has 0 saturated carbocycles. The third-order valence-corrected chi connectivity index (χ3v) is 7.48. The Balaban J connectivity index is 1.62. The molecule has 2 aromatic carbocycles. The summed E-state index contributed by atoms with van der Waals surface area (Å²) in [6, 6.07) is 15.3. The van der Waals surface area contributed by atoms with Crippen molar-refractivity contribution in [2.45, 2.75) is 17.5 Å². The largest absolute Gasteiger partial charge is 0.355 e. The molecule has 3 rings (SSSR count). The van der Waals surface area contributed by atoms with Crippen LogP contribution in [0.2, 0.25) is 0 Å². The van der Waals surface area contributed by atoms with Gasteiger partial charge in [0, 0.05) is 31.8 Å². The number of carbonyl (C=O) groups excluding carboxylic acids is 2. The van der Waals surface area contributed by atoms with Gasteiger partial charge in [0.1, 0.15) is 0 Å². The molecule has 1 heterocycles. The fraction of sp³-hybridized carbons (Fsp3) is 0.333.